The second-order valence-electron chi connectivity index (χ2n) is 6.83. The van der Waals surface area contributed by atoms with Crippen molar-refractivity contribution in [3.8, 4) is 0 Å². The fourth-order valence-corrected chi connectivity index (χ4v) is 4.35. The van der Waals surface area contributed by atoms with Gasteiger partial charge in [0, 0.05) is 34.6 Å². The van der Waals surface area contributed by atoms with Crippen molar-refractivity contribution in [2.24, 2.45) is 0 Å². The predicted molar refractivity (Wildman–Crippen MR) is 118 cm³/mol. The number of aryl methyl sites for hydroxylation is 1. The van der Waals surface area contributed by atoms with Crippen LogP contribution in [0.4, 0.5) is 10.8 Å². The third-order valence-electron chi connectivity index (χ3n) is 4.90. The van der Waals surface area contributed by atoms with Gasteiger partial charge in [-0.15, -0.1) is 10.2 Å². The first-order chi connectivity index (χ1) is 14.0. The van der Waals surface area contributed by atoms with Gasteiger partial charge in [0.1, 0.15) is 5.01 Å². The minimum atomic E-state index is -0.236. The summed E-state index contributed by atoms with van der Waals surface area (Å²) in [5.74, 6) is -0.181. The highest BCUT2D eigenvalue weighted by atomic mass is 79.9. The number of hydrogen-bond acceptors (Lipinski definition) is 5. The third kappa shape index (κ3) is 4.38. The van der Waals surface area contributed by atoms with Crippen molar-refractivity contribution >= 4 is 49.9 Å². The van der Waals surface area contributed by atoms with Crippen molar-refractivity contribution in [1.29, 1.82) is 0 Å². The monoisotopic (exact) mass is 470 g/mol. The molecule has 0 spiro atoms. The first kappa shape index (κ1) is 19.7. The molecule has 1 N–H and O–H groups in total. The second kappa shape index (κ2) is 8.42. The lowest BCUT2D eigenvalue weighted by molar-refractivity contribution is -0.117. The summed E-state index contributed by atoms with van der Waals surface area (Å²) in [6, 6.07) is 15.2. The van der Waals surface area contributed by atoms with Crippen LogP contribution in [0.2, 0.25) is 0 Å². The summed E-state index contributed by atoms with van der Waals surface area (Å²) in [5, 5.41) is 12.3. The van der Waals surface area contributed by atoms with Gasteiger partial charge in [-0.25, -0.2) is 0 Å². The molecule has 29 heavy (non-hydrogen) atoms. The number of benzene rings is 2. The maximum absolute atomic E-state index is 12.5. The molecule has 0 bridgehead atoms. The molecule has 1 aliphatic heterocycles. The molecular weight excluding hydrogens is 452 g/mol. The Hall–Kier alpha value is -2.58. The first-order valence-corrected chi connectivity index (χ1v) is 10.9. The Balaban J connectivity index is 1.43. The Morgan fingerprint density at radius 1 is 1.17 bits per heavy atom. The van der Waals surface area contributed by atoms with Crippen molar-refractivity contribution < 1.29 is 9.59 Å². The Morgan fingerprint density at radius 3 is 2.59 bits per heavy atom. The highest BCUT2D eigenvalue weighted by molar-refractivity contribution is 9.10. The van der Waals surface area contributed by atoms with E-state index in [1.54, 1.807) is 17.0 Å². The van der Waals surface area contributed by atoms with Gasteiger partial charge in [0.2, 0.25) is 11.0 Å². The van der Waals surface area contributed by atoms with Crippen LogP contribution in [0, 0.1) is 0 Å². The topological polar surface area (TPSA) is 75.2 Å². The molecule has 2 heterocycles. The second-order valence-corrected chi connectivity index (χ2v) is 8.76. The van der Waals surface area contributed by atoms with Crippen LogP contribution < -0.4 is 10.2 Å². The fraction of sp³-hybridized carbons (Fsp3) is 0.238. The molecule has 0 radical (unpaired) electrons. The molecule has 6 nitrogen and oxygen atoms in total. The molecule has 1 unspecified atom stereocenters. The zero-order valence-electron chi connectivity index (χ0n) is 15.8. The minimum absolute atomic E-state index is 0.0239. The number of carbonyl (C=O) groups excluding carboxylic acids is 2. The molecular formula is C21H19BrN4O2S. The summed E-state index contributed by atoms with van der Waals surface area (Å²) in [6.07, 6.45) is 1.36. The molecule has 8 heteroatoms. The number of nitrogens with one attached hydrogen (secondary N) is 1. The standard InChI is InChI=1S/C21H19BrN4O2S/c1-2-13-3-9-17(10-4-13)26-12-15(11-18(26)27)20-24-25-21(29-20)23-19(28)14-5-7-16(22)8-6-14/h3-10,15H,2,11-12H2,1H3,(H,23,25,28). The van der Waals surface area contributed by atoms with Gasteiger partial charge < -0.3 is 4.90 Å². The smallest absolute Gasteiger partial charge is 0.257 e. The van der Waals surface area contributed by atoms with Crippen molar-refractivity contribution in [2.45, 2.75) is 25.7 Å². The lowest BCUT2D eigenvalue weighted by atomic mass is 10.1. The van der Waals surface area contributed by atoms with E-state index in [2.05, 4.69) is 50.5 Å². The zero-order chi connectivity index (χ0) is 20.4. The van der Waals surface area contributed by atoms with Gasteiger partial charge in [0.15, 0.2) is 0 Å². The molecule has 2 aromatic carbocycles. The first-order valence-electron chi connectivity index (χ1n) is 9.33. The molecule has 3 aromatic rings. The van der Waals surface area contributed by atoms with Crippen LogP contribution in [0.5, 0.6) is 0 Å². The average Bonchev–Trinajstić information content (AvgIpc) is 3.35. The molecule has 1 saturated heterocycles. The van der Waals surface area contributed by atoms with E-state index < -0.39 is 0 Å². The largest absolute Gasteiger partial charge is 0.312 e. The van der Waals surface area contributed by atoms with E-state index in [0.29, 0.717) is 23.7 Å². The quantitative estimate of drug-likeness (QED) is 0.589. The summed E-state index contributed by atoms with van der Waals surface area (Å²) in [7, 11) is 0. The number of carbonyl (C=O) groups is 2. The van der Waals surface area contributed by atoms with Gasteiger partial charge in [0.25, 0.3) is 5.91 Å². The number of amides is 2. The van der Waals surface area contributed by atoms with Gasteiger partial charge in [-0.1, -0.05) is 46.3 Å². The average molecular weight is 471 g/mol. The third-order valence-corrected chi connectivity index (χ3v) is 6.43. The Labute approximate surface area is 181 Å². The van der Waals surface area contributed by atoms with Gasteiger partial charge >= 0.3 is 0 Å². The van der Waals surface area contributed by atoms with Crippen LogP contribution in [-0.4, -0.2) is 28.6 Å². The van der Waals surface area contributed by atoms with Crippen LogP contribution >= 0.6 is 27.3 Å². The summed E-state index contributed by atoms with van der Waals surface area (Å²) in [4.78, 5) is 26.7. The fourth-order valence-electron chi connectivity index (χ4n) is 3.25. The molecule has 148 valence electrons. The minimum Gasteiger partial charge on any atom is -0.312 e. The highest BCUT2D eigenvalue weighted by Gasteiger charge is 2.34. The maximum atomic E-state index is 12.5. The number of halogens is 1. The van der Waals surface area contributed by atoms with Crippen LogP contribution in [0.15, 0.2) is 53.0 Å². The normalized spacial score (nSPS) is 16.3. The lowest BCUT2D eigenvalue weighted by Crippen LogP contribution is -2.24. The Kier molecular flexibility index (Phi) is 5.73. The van der Waals surface area contributed by atoms with Gasteiger partial charge in [-0.2, -0.15) is 0 Å². The van der Waals surface area contributed by atoms with Crippen LogP contribution in [0.25, 0.3) is 0 Å². The Bertz CT molecular complexity index is 1030. The molecule has 0 saturated carbocycles. The van der Waals surface area contributed by atoms with Crippen molar-refractivity contribution in [3.05, 3.63) is 69.1 Å². The number of nitrogens with zero attached hydrogens (tertiary/aromatic N) is 3. The molecule has 1 aliphatic rings. The molecule has 0 aliphatic carbocycles. The summed E-state index contributed by atoms with van der Waals surface area (Å²) in [6.45, 7) is 2.67. The lowest BCUT2D eigenvalue weighted by Gasteiger charge is -2.16. The highest BCUT2D eigenvalue weighted by Crippen LogP contribution is 2.34. The molecule has 1 fully saturated rings. The summed E-state index contributed by atoms with van der Waals surface area (Å²) < 4.78 is 0.909. The van der Waals surface area contributed by atoms with E-state index >= 15 is 0 Å². The maximum Gasteiger partial charge on any atom is 0.257 e. The van der Waals surface area contributed by atoms with Crippen molar-refractivity contribution in [2.75, 3.05) is 16.8 Å². The number of aromatic nitrogens is 2. The van der Waals surface area contributed by atoms with Crippen molar-refractivity contribution in [3.63, 3.8) is 0 Å². The van der Waals surface area contributed by atoms with E-state index in [1.807, 2.05) is 24.3 Å². The Morgan fingerprint density at radius 2 is 1.90 bits per heavy atom. The van der Waals surface area contributed by atoms with E-state index in [0.717, 1.165) is 21.6 Å². The zero-order valence-corrected chi connectivity index (χ0v) is 18.2. The molecule has 1 atom stereocenters. The van der Waals surface area contributed by atoms with E-state index in [1.165, 1.54) is 16.9 Å². The van der Waals surface area contributed by atoms with E-state index in [9.17, 15) is 9.59 Å². The molecule has 1 aromatic heterocycles. The van der Waals surface area contributed by atoms with Crippen LogP contribution in [-0.2, 0) is 11.2 Å². The molecule has 4 rings (SSSR count). The number of anilines is 2. The van der Waals surface area contributed by atoms with Crippen LogP contribution in [0.3, 0.4) is 0 Å². The van der Waals surface area contributed by atoms with E-state index in [-0.39, 0.29) is 17.7 Å². The summed E-state index contributed by atoms with van der Waals surface area (Å²) >= 11 is 4.67. The van der Waals surface area contributed by atoms with Crippen molar-refractivity contribution in [1.82, 2.24) is 10.2 Å². The number of hydrogen-bond donors (Lipinski definition) is 1. The number of rotatable bonds is 5. The van der Waals surface area contributed by atoms with E-state index in [4.69, 9.17) is 0 Å². The van der Waals surface area contributed by atoms with Gasteiger partial charge in [0.05, 0.1) is 0 Å². The van der Waals surface area contributed by atoms with Crippen LogP contribution in [0.1, 0.15) is 40.2 Å². The predicted octanol–water partition coefficient (Wildman–Crippen LogP) is 4.64. The van der Waals surface area contributed by atoms with Gasteiger partial charge in [-0.05, 0) is 48.4 Å². The summed E-state index contributed by atoms with van der Waals surface area (Å²) in [5.41, 5.74) is 2.69. The SMILES string of the molecule is CCc1ccc(N2CC(c3nnc(NC(=O)c4ccc(Br)cc4)s3)CC2=O)cc1. The molecule has 2 amide bonds. The van der Waals surface area contributed by atoms with Gasteiger partial charge in [-0.3, -0.25) is 14.9 Å².